The van der Waals surface area contributed by atoms with Crippen molar-refractivity contribution >= 4 is 5.91 Å². The second-order valence-electron chi connectivity index (χ2n) is 4.59. The third kappa shape index (κ3) is 4.05. The topological polar surface area (TPSA) is 29.1 Å². The Labute approximate surface area is 97.1 Å². The van der Waals surface area contributed by atoms with Crippen LogP contribution in [0.4, 0.5) is 0 Å². The van der Waals surface area contributed by atoms with Crippen LogP contribution < -0.4 is 5.32 Å². The van der Waals surface area contributed by atoms with Gasteiger partial charge in [0.2, 0.25) is 5.91 Å². The van der Waals surface area contributed by atoms with Gasteiger partial charge in [0.1, 0.15) is 0 Å². The minimum Gasteiger partial charge on any atom is -0.356 e. The quantitative estimate of drug-likeness (QED) is 0.779. The summed E-state index contributed by atoms with van der Waals surface area (Å²) >= 11 is 0. The molecule has 0 radical (unpaired) electrons. The van der Waals surface area contributed by atoms with Gasteiger partial charge < -0.3 is 5.32 Å². The number of benzene rings is 1. The van der Waals surface area contributed by atoms with E-state index >= 15 is 0 Å². The molecule has 0 heterocycles. The molecule has 0 aliphatic heterocycles. The normalized spacial score (nSPS) is 14.8. The molecule has 1 amide bonds. The van der Waals surface area contributed by atoms with Crippen LogP contribution in [-0.4, -0.2) is 12.5 Å². The predicted octanol–water partition coefficient (Wildman–Crippen LogP) is 2.54. The Balaban J connectivity index is 1.58. The highest BCUT2D eigenvalue weighted by molar-refractivity contribution is 5.75. The highest BCUT2D eigenvalue weighted by Gasteiger charge is 2.21. The number of rotatable bonds is 6. The molecule has 1 aromatic rings. The number of hydrogen-bond acceptors (Lipinski definition) is 1. The van der Waals surface area contributed by atoms with Crippen LogP contribution in [-0.2, 0) is 11.2 Å². The van der Waals surface area contributed by atoms with E-state index < -0.39 is 0 Å². The molecule has 0 atom stereocenters. The van der Waals surface area contributed by atoms with Crippen LogP contribution in [0.15, 0.2) is 30.3 Å². The molecular weight excluding hydrogens is 198 g/mol. The number of hydrogen-bond donors (Lipinski definition) is 1. The molecule has 0 spiro atoms. The average molecular weight is 217 g/mol. The zero-order valence-corrected chi connectivity index (χ0v) is 9.61. The van der Waals surface area contributed by atoms with Crippen LogP contribution >= 0.6 is 0 Å². The Kier molecular flexibility index (Phi) is 3.97. The van der Waals surface area contributed by atoms with E-state index in [4.69, 9.17) is 0 Å². The molecule has 1 aliphatic rings. The summed E-state index contributed by atoms with van der Waals surface area (Å²) in [4.78, 5) is 11.5. The Bertz CT molecular complexity index is 330. The number of carbonyl (C=O) groups excluding carboxylic acids is 1. The van der Waals surface area contributed by atoms with Gasteiger partial charge >= 0.3 is 0 Å². The predicted molar refractivity (Wildman–Crippen MR) is 65.1 cm³/mol. The molecule has 2 nitrogen and oxygen atoms in total. The van der Waals surface area contributed by atoms with E-state index in [1.807, 2.05) is 18.2 Å². The largest absolute Gasteiger partial charge is 0.356 e. The van der Waals surface area contributed by atoms with Gasteiger partial charge in [-0.2, -0.15) is 0 Å². The molecule has 0 saturated heterocycles. The zero-order valence-electron chi connectivity index (χ0n) is 9.61. The monoisotopic (exact) mass is 217 g/mol. The molecule has 1 aromatic carbocycles. The highest BCUT2D eigenvalue weighted by atomic mass is 16.1. The molecule has 86 valence electrons. The van der Waals surface area contributed by atoms with Crippen LogP contribution in [0.1, 0.15) is 31.2 Å². The molecule has 2 rings (SSSR count). The highest BCUT2D eigenvalue weighted by Crippen LogP contribution is 2.27. The maximum Gasteiger partial charge on any atom is 0.220 e. The van der Waals surface area contributed by atoms with E-state index in [1.54, 1.807) is 0 Å². The van der Waals surface area contributed by atoms with Crippen LogP contribution in [0.2, 0.25) is 0 Å². The summed E-state index contributed by atoms with van der Waals surface area (Å²) in [5.74, 6) is 0.987. The van der Waals surface area contributed by atoms with E-state index in [-0.39, 0.29) is 5.91 Å². The molecule has 0 unspecified atom stereocenters. The molecule has 2 heteroatoms. The van der Waals surface area contributed by atoms with E-state index in [1.165, 1.54) is 18.4 Å². The van der Waals surface area contributed by atoms with Gasteiger partial charge in [-0.15, -0.1) is 0 Å². The lowest BCUT2D eigenvalue weighted by Gasteiger charge is -2.04. The molecule has 1 saturated carbocycles. The summed E-state index contributed by atoms with van der Waals surface area (Å²) in [5, 5.41) is 2.99. The molecule has 1 fully saturated rings. The smallest absolute Gasteiger partial charge is 0.220 e. The minimum atomic E-state index is 0.211. The van der Waals surface area contributed by atoms with Crippen LogP contribution in [0, 0.1) is 5.92 Å². The van der Waals surface area contributed by atoms with Gasteiger partial charge in [0.25, 0.3) is 0 Å². The van der Waals surface area contributed by atoms with Gasteiger partial charge in [0.15, 0.2) is 0 Å². The Morgan fingerprint density at radius 1 is 1.25 bits per heavy atom. The molecule has 1 N–H and O–H groups in total. The minimum absolute atomic E-state index is 0.211. The van der Waals surface area contributed by atoms with E-state index in [0.717, 1.165) is 25.3 Å². The zero-order chi connectivity index (χ0) is 11.2. The molecule has 0 aromatic heterocycles. The summed E-state index contributed by atoms with van der Waals surface area (Å²) < 4.78 is 0. The second kappa shape index (κ2) is 5.69. The first-order valence-corrected chi connectivity index (χ1v) is 6.15. The first-order chi connectivity index (χ1) is 7.84. The SMILES string of the molecule is O=C(CCCc1ccccc1)NCC1CC1. The van der Waals surface area contributed by atoms with Crippen molar-refractivity contribution in [1.82, 2.24) is 5.32 Å². The van der Waals surface area contributed by atoms with Gasteiger partial charge in [0, 0.05) is 13.0 Å². The van der Waals surface area contributed by atoms with Crippen molar-refractivity contribution in [3.8, 4) is 0 Å². The number of nitrogens with one attached hydrogen (secondary N) is 1. The van der Waals surface area contributed by atoms with E-state index in [2.05, 4.69) is 17.4 Å². The number of amides is 1. The fourth-order valence-corrected chi connectivity index (χ4v) is 1.77. The van der Waals surface area contributed by atoms with Crippen molar-refractivity contribution in [1.29, 1.82) is 0 Å². The van der Waals surface area contributed by atoms with Gasteiger partial charge in [0.05, 0.1) is 0 Å². The molecule has 1 aliphatic carbocycles. The fraction of sp³-hybridized carbons (Fsp3) is 0.500. The summed E-state index contributed by atoms with van der Waals surface area (Å²) in [6, 6.07) is 10.3. The van der Waals surface area contributed by atoms with E-state index in [0.29, 0.717) is 6.42 Å². The van der Waals surface area contributed by atoms with Crippen molar-refractivity contribution in [3.05, 3.63) is 35.9 Å². The lowest BCUT2D eigenvalue weighted by atomic mass is 10.1. The molecular formula is C14H19NO. The molecule has 0 bridgehead atoms. The van der Waals surface area contributed by atoms with Crippen molar-refractivity contribution in [2.75, 3.05) is 6.54 Å². The maximum atomic E-state index is 11.5. The Morgan fingerprint density at radius 3 is 2.69 bits per heavy atom. The average Bonchev–Trinajstić information content (AvgIpc) is 3.12. The van der Waals surface area contributed by atoms with Gasteiger partial charge in [-0.05, 0) is 37.2 Å². The van der Waals surface area contributed by atoms with Crippen molar-refractivity contribution in [2.24, 2.45) is 5.92 Å². The summed E-state index contributed by atoms with van der Waals surface area (Å²) in [5.41, 5.74) is 1.32. The lowest BCUT2D eigenvalue weighted by molar-refractivity contribution is -0.121. The van der Waals surface area contributed by atoms with Crippen molar-refractivity contribution in [2.45, 2.75) is 32.1 Å². The van der Waals surface area contributed by atoms with Crippen LogP contribution in [0.3, 0.4) is 0 Å². The first kappa shape index (κ1) is 11.2. The first-order valence-electron chi connectivity index (χ1n) is 6.15. The van der Waals surface area contributed by atoms with Gasteiger partial charge in [-0.3, -0.25) is 4.79 Å². The van der Waals surface area contributed by atoms with E-state index in [9.17, 15) is 4.79 Å². The van der Waals surface area contributed by atoms with Crippen molar-refractivity contribution < 1.29 is 4.79 Å². The lowest BCUT2D eigenvalue weighted by Crippen LogP contribution is -2.25. The van der Waals surface area contributed by atoms with Gasteiger partial charge in [-0.25, -0.2) is 0 Å². The summed E-state index contributed by atoms with van der Waals surface area (Å²) in [6.45, 7) is 0.893. The van der Waals surface area contributed by atoms with Gasteiger partial charge in [-0.1, -0.05) is 30.3 Å². The summed E-state index contributed by atoms with van der Waals surface area (Å²) in [6.07, 6.45) is 5.19. The van der Waals surface area contributed by atoms with Crippen LogP contribution in [0.25, 0.3) is 0 Å². The number of carbonyl (C=O) groups is 1. The van der Waals surface area contributed by atoms with Crippen molar-refractivity contribution in [3.63, 3.8) is 0 Å². The third-order valence-electron chi connectivity index (χ3n) is 3.00. The second-order valence-corrected chi connectivity index (χ2v) is 4.59. The van der Waals surface area contributed by atoms with Crippen LogP contribution in [0.5, 0.6) is 0 Å². The maximum absolute atomic E-state index is 11.5. The number of aryl methyl sites for hydroxylation is 1. The Hall–Kier alpha value is -1.31. The Morgan fingerprint density at radius 2 is 2.00 bits per heavy atom. The standard InChI is InChI=1S/C14H19NO/c16-14(15-11-13-9-10-13)8-4-7-12-5-2-1-3-6-12/h1-3,5-6,13H,4,7-11H2,(H,15,16). The fourth-order valence-electron chi connectivity index (χ4n) is 1.77. The molecule has 16 heavy (non-hydrogen) atoms. The third-order valence-corrected chi connectivity index (χ3v) is 3.00. The summed E-state index contributed by atoms with van der Waals surface area (Å²) in [7, 11) is 0.